The minimum absolute atomic E-state index is 0.0995. The maximum absolute atomic E-state index is 12.9. The van der Waals surface area contributed by atoms with E-state index in [0.29, 0.717) is 30.5 Å². The Bertz CT molecular complexity index is 616. The molecule has 1 atom stereocenters. The SMILES string of the molecule is Cc1[nH]nc(CCl)c1S(=O)(=O)N1CCN2CCCCC2C1. The van der Waals surface area contributed by atoms with E-state index in [0.717, 1.165) is 19.5 Å². The molecule has 3 heterocycles. The average Bonchev–Trinajstić information content (AvgIpc) is 2.88. The molecule has 118 valence electrons. The number of aryl methyl sites for hydroxylation is 1. The Morgan fingerprint density at radius 2 is 2.14 bits per heavy atom. The number of hydrogen-bond donors (Lipinski definition) is 1. The molecule has 1 aromatic rings. The Hall–Kier alpha value is -0.630. The summed E-state index contributed by atoms with van der Waals surface area (Å²) >= 11 is 5.83. The van der Waals surface area contributed by atoms with Gasteiger partial charge in [-0.25, -0.2) is 8.42 Å². The van der Waals surface area contributed by atoms with Crippen molar-refractivity contribution in [2.75, 3.05) is 26.2 Å². The lowest BCUT2D eigenvalue weighted by Crippen LogP contribution is -2.56. The van der Waals surface area contributed by atoms with Crippen molar-refractivity contribution >= 4 is 21.6 Å². The van der Waals surface area contributed by atoms with Crippen molar-refractivity contribution in [3.63, 3.8) is 0 Å². The Labute approximate surface area is 130 Å². The zero-order valence-corrected chi connectivity index (χ0v) is 13.8. The van der Waals surface area contributed by atoms with E-state index < -0.39 is 10.0 Å². The number of aromatic amines is 1. The second kappa shape index (κ2) is 5.87. The fourth-order valence-corrected chi connectivity index (χ4v) is 5.45. The van der Waals surface area contributed by atoms with Crippen molar-refractivity contribution in [1.82, 2.24) is 19.4 Å². The molecule has 21 heavy (non-hydrogen) atoms. The topological polar surface area (TPSA) is 69.3 Å². The quantitative estimate of drug-likeness (QED) is 0.847. The average molecular weight is 333 g/mol. The molecule has 1 unspecified atom stereocenters. The number of nitrogens with one attached hydrogen (secondary N) is 1. The number of halogens is 1. The Morgan fingerprint density at radius 1 is 1.33 bits per heavy atom. The standard InChI is InChI=1S/C13H21ClN4O2S/c1-10-13(12(8-14)16-15-10)21(19,20)18-7-6-17-5-3-2-4-11(17)9-18/h11H,2-9H2,1H3,(H,15,16). The van der Waals surface area contributed by atoms with Gasteiger partial charge >= 0.3 is 0 Å². The first-order valence-corrected chi connectivity index (χ1v) is 9.35. The summed E-state index contributed by atoms with van der Waals surface area (Å²) in [5, 5.41) is 6.74. The van der Waals surface area contributed by atoms with Crippen LogP contribution in [0.4, 0.5) is 0 Å². The predicted octanol–water partition coefficient (Wildman–Crippen LogP) is 1.32. The molecule has 0 aromatic carbocycles. The maximum Gasteiger partial charge on any atom is 0.246 e. The molecule has 2 saturated heterocycles. The first-order valence-electron chi connectivity index (χ1n) is 7.38. The molecular weight excluding hydrogens is 312 g/mol. The third-order valence-corrected chi connectivity index (χ3v) is 6.81. The van der Waals surface area contributed by atoms with Gasteiger partial charge in [0.15, 0.2) is 0 Å². The highest BCUT2D eigenvalue weighted by molar-refractivity contribution is 7.89. The lowest BCUT2D eigenvalue weighted by atomic mass is 10.0. The number of alkyl halides is 1. The highest BCUT2D eigenvalue weighted by atomic mass is 35.5. The van der Waals surface area contributed by atoms with Crippen LogP contribution in [-0.4, -0.2) is 60.0 Å². The molecule has 0 bridgehead atoms. The molecule has 2 fully saturated rings. The summed E-state index contributed by atoms with van der Waals surface area (Å²) in [5.41, 5.74) is 0.983. The van der Waals surface area contributed by atoms with Gasteiger partial charge in [0.1, 0.15) is 4.90 Å². The predicted molar refractivity (Wildman–Crippen MR) is 80.9 cm³/mol. The van der Waals surface area contributed by atoms with E-state index in [-0.39, 0.29) is 10.8 Å². The van der Waals surface area contributed by atoms with E-state index in [1.807, 2.05) is 0 Å². The van der Waals surface area contributed by atoms with E-state index in [2.05, 4.69) is 15.1 Å². The van der Waals surface area contributed by atoms with E-state index in [1.165, 1.54) is 12.8 Å². The molecule has 0 spiro atoms. The molecule has 0 saturated carbocycles. The zero-order chi connectivity index (χ0) is 15.0. The van der Waals surface area contributed by atoms with Crippen LogP contribution >= 0.6 is 11.6 Å². The first kappa shape index (κ1) is 15.3. The molecule has 6 nitrogen and oxygen atoms in total. The summed E-state index contributed by atoms with van der Waals surface area (Å²) < 4.78 is 27.4. The number of aromatic nitrogens is 2. The number of piperidine rings is 1. The molecule has 0 aliphatic carbocycles. The molecule has 1 N–H and O–H groups in total. The van der Waals surface area contributed by atoms with Crippen molar-refractivity contribution in [2.24, 2.45) is 0 Å². The van der Waals surface area contributed by atoms with Gasteiger partial charge in [0.25, 0.3) is 0 Å². The summed E-state index contributed by atoms with van der Waals surface area (Å²) in [5.74, 6) is 0.0995. The lowest BCUT2D eigenvalue weighted by Gasteiger charge is -2.43. The normalized spacial score (nSPS) is 25.0. The van der Waals surface area contributed by atoms with E-state index in [4.69, 9.17) is 11.6 Å². The van der Waals surface area contributed by atoms with Crippen LogP contribution in [0.5, 0.6) is 0 Å². The Balaban J connectivity index is 1.87. The van der Waals surface area contributed by atoms with Gasteiger partial charge in [-0.1, -0.05) is 6.42 Å². The van der Waals surface area contributed by atoms with Crippen LogP contribution in [0.25, 0.3) is 0 Å². The molecule has 3 rings (SSSR count). The zero-order valence-electron chi connectivity index (χ0n) is 12.2. The van der Waals surface area contributed by atoms with E-state index in [1.54, 1.807) is 11.2 Å². The number of rotatable bonds is 3. The monoisotopic (exact) mass is 332 g/mol. The van der Waals surface area contributed by atoms with E-state index >= 15 is 0 Å². The van der Waals surface area contributed by atoms with Gasteiger partial charge in [-0.05, 0) is 26.3 Å². The lowest BCUT2D eigenvalue weighted by molar-refractivity contribution is 0.0851. The number of sulfonamides is 1. The smallest absolute Gasteiger partial charge is 0.246 e. The van der Waals surface area contributed by atoms with Gasteiger partial charge < -0.3 is 0 Å². The first-order chi connectivity index (χ1) is 10.0. The number of piperazine rings is 1. The van der Waals surface area contributed by atoms with Crippen LogP contribution in [0.15, 0.2) is 4.90 Å². The van der Waals surface area contributed by atoms with Gasteiger partial charge in [0.2, 0.25) is 10.0 Å². The Morgan fingerprint density at radius 3 is 2.90 bits per heavy atom. The summed E-state index contributed by atoms with van der Waals surface area (Å²) in [6, 6.07) is 0.355. The molecule has 2 aliphatic heterocycles. The van der Waals surface area contributed by atoms with Crippen molar-refractivity contribution in [3.05, 3.63) is 11.4 Å². The minimum Gasteiger partial charge on any atom is -0.298 e. The van der Waals surface area contributed by atoms with E-state index in [9.17, 15) is 8.42 Å². The molecule has 8 heteroatoms. The summed E-state index contributed by atoms with van der Waals surface area (Å²) in [4.78, 5) is 2.68. The Kier molecular flexibility index (Phi) is 4.27. The fraction of sp³-hybridized carbons (Fsp3) is 0.769. The molecule has 0 amide bonds. The van der Waals surface area contributed by atoms with Crippen molar-refractivity contribution in [2.45, 2.75) is 43.0 Å². The molecule has 0 radical (unpaired) electrons. The van der Waals surface area contributed by atoms with Crippen LogP contribution < -0.4 is 0 Å². The van der Waals surface area contributed by atoms with Crippen LogP contribution in [0, 0.1) is 6.92 Å². The summed E-state index contributed by atoms with van der Waals surface area (Å²) in [6.45, 7) is 4.76. The second-order valence-electron chi connectivity index (χ2n) is 5.81. The summed E-state index contributed by atoms with van der Waals surface area (Å²) in [7, 11) is -3.51. The molecular formula is C13H21ClN4O2S. The fourth-order valence-electron chi connectivity index (χ4n) is 3.38. The van der Waals surface area contributed by atoms with Crippen LogP contribution in [0.1, 0.15) is 30.7 Å². The molecule has 1 aromatic heterocycles. The van der Waals surface area contributed by atoms with Crippen molar-refractivity contribution in [3.8, 4) is 0 Å². The van der Waals surface area contributed by atoms with Crippen LogP contribution in [0.2, 0.25) is 0 Å². The van der Waals surface area contributed by atoms with Crippen molar-refractivity contribution < 1.29 is 8.42 Å². The molecule has 2 aliphatic rings. The highest BCUT2D eigenvalue weighted by Gasteiger charge is 2.37. The minimum atomic E-state index is -3.51. The second-order valence-corrected chi connectivity index (χ2v) is 7.95. The largest absolute Gasteiger partial charge is 0.298 e. The van der Waals surface area contributed by atoms with Gasteiger partial charge in [-0.3, -0.25) is 10.00 Å². The summed E-state index contributed by atoms with van der Waals surface area (Å²) in [6.07, 6.45) is 3.49. The number of nitrogens with zero attached hydrogens (tertiary/aromatic N) is 3. The number of H-pyrrole nitrogens is 1. The van der Waals surface area contributed by atoms with Gasteiger partial charge in [0, 0.05) is 25.7 Å². The van der Waals surface area contributed by atoms with Crippen LogP contribution in [-0.2, 0) is 15.9 Å². The van der Waals surface area contributed by atoms with Gasteiger partial charge in [-0.15, -0.1) is 11.6 Å². The number of fused-ring (bicyclic) bond motifs is 1. The van der Waals surface area contributed by atoms with Gasteiger partial charge in [0.05, 0.1) is 17.3 Å². The number of hydrogen-bond acceptors (Lipinski definition) is 4. The van der Waals surface area contributed by atoms with Crippen LogP contribution in [0.3, 0.4) is 0 Å². The third kappa shape index (κ3) is 2.72. The third-order valence-electron chi connectivity index (χ3n) is 4.49. The maximum atomic E-state index is 12.9. The van der Waals surface area contributed by atoms with Crippen molar-refractivity contribution in [1.29, 1.82) is 0 Å². The van der Waals surface area contributed by atoms with Gasteiger partial charge in [-0.2, -0.15) is 9.40 Å². The highest BCUT2D eigenvalue weighted by Crippen LogP contribution is 2.28.